The van der Waals surface area contributed by atoms with Gasteiger partial charge in [-0.1, -0.05) is 43.9 Å². The molecule has 0 aliphatic heterocycles. The number of fused-ring (bicyclic) bond motifs is 1. The number of ether oxygens (including phenoxy) is 1. The van der Waals surface area contributed by atoms with Crippen molar-refractivity contribution >= 4 is 34.0 Å². The Labute approximate surface area is 211 Å². The Morgan fingerprint density at radius 2 is 1.94 bits per heavy atom. The quantitative estimate of drug-likeness (QED) is 0.264. The van der Waals surface area contributed by atoms with Crippen molar-refractivity contribution in [2.24, 2.45) is 17.8 Å². The molecule has 2 aliphatic carbocycles. The summed E-state index contributed by atoms with van der Waals surface area (Å²) in [5.41, 5.74) is 4.18. The lowest BCUT2D eigenvalue weighted by Gasteiger charge is -2.20. The van der Waals surface area contributed by atoms with Crippen molar-refractivity contribution in [2.75, 3.05) is 19.0 Å². The molecule has 6 heteroatoms. The highest BCUT2D eigenvalue weighted by Gasteiger charge is 2.32. The summed E-state index contributed by atoms with van der Waals surface area (Å²) in [5, 5.41) is 15.0. The maximum atomic E-state index is 13.2. The van der Waals surface area contributed by atoms with Gasteiger partial charge in [0.1, 0.15) is 0 Å². The number of hydrogen-bond acceptors (Lipinski definition) is 5. The first-order chi connectivity index (χ1) is 16.9. The van der Waals surface area contributed by atoms with Crippen molar-refractivity contribution in [1.29, 1.82) is 0 Å². The number of aromatic hydroxyl groups is 1. The second-order valence-corrected chi connectivity index (χ2v) is 10.7. The molecule has 2 saturated carbocycles. The van der Waals surface area contributed by atoms with Crippen LogP contribution in [0.4, 0.5) is 5.69 Å². The van der Waals surface area contributed by atoms with Crippen LogP contribution in [-0.4, -0.2) is 29.5 Å². The average molecular weight is 493 g/mol. The van der Waals surface area contributed by atoms with E-state index in [1.807, 2.05) is 12.1 Å². The standard InChI is InChI=1S/C29H33ClN2O3/c1-17-4-3-5-18(7-6-17)15-32-27-22-12-20(21-13-24(30)29(34)26(14-21)35-2)10-11-25(22)31-16-23(27)28(33)19-8-9-19/h10-14,16-19,34H,3-9,15H2,1-2H3,(H,31,32). The van der Waals surface area contributed by atoms with Crippen LogP contribution in [0.1, 0.15) is 62.2 Å². The van der Waals surface area contributed by atoms with Crippen molar-refractivity contribution in [3.8, 4) is 22.6 Å². The zero-order valence-electron chi connectivity index (χ0n) is 20.4. The molecule has 0 saturated heterocycles. The number of halogens is 1. The summed E-state index contributed by atoms with van der Waals surface area (Å²) < 4.78 is 5.30. The number of ketones is 1. The van der Waals surface area contributed by atoms with Gasteiger partial charge in [-0.2, -0.15) is 0 Å². The molecule has 5 nitrogen and oxygen atoms in total. The van der Waals surface area contributed by atoms with Gasteiger partial charge in [-0.25, -0.2) is 0 Å². The zero-order valence-corrected chi connectivity index (χ0v) is 21.2. The van der Waals surface area contributed by atoms with E-state index >= 15 is 0 Å². The van der Waals surface area contributed by atoms with Crippen LogP contribution >= 0.6 is 11.6 Å². The van der Waals surface area contributed by atoms with Gasteiger partial charge < -0.3 is 15.2 Å². The maximum absolute atomic E-state index is 13.2. The van der Waals surface area contributed by atoms with Gasteiger partial charge in [-0.3, -0.25) is 9.78 Å². The number of rotatable bonds is 7. The predicted octanol–water partition coefficient (Wildman–Crippen LogP) is 7.49. The lowest BCUT2D eigenvalue weighted by Crippen LogP contribution is -2.17. The summed E-state index contributed by atoms with van der Waals surface area (Å²) in [4.78, 5) is 17.8. The van der Waals surface area contributed by atoms with Gasteiger partial charge in [-0.15, -0.1) is 0 Å². The highest BCUT2D eigenvalue weighted by molar-refractivity contribution is 6.32. The number of Topliss-reactive ketones (excluding diaryl/α,β-unsaturated/α-hetero) is 1. The molecule has 1 heterocycles. The van der Waals surface area contributed by atoms with Crippen LogP contribution in [0.15, 0.2) is 36.5 Å². The van der Waals surface area contributed by atoms with Gasteiger partial charge in [0.05, 0.1) is 28.9 Å². The van der Waals surface area contributed by atoms with Gasteiger partial charge in [-0.05, 0) is 72.9 Å². The van der Waals surface area contributed by atoms with Crippen LogP contribution < -0.4 is 10.1 Å². The minimum atomic E-state index is -0.0715. The molecule has 2 unspecified atom stereocenters. The molecular formula is C29H33ClN2O3. The van der Waals surface area contributed by atoms with Crippen LogP contribution in [0.5, 0.6) is 11.5 Å². The number of benzene rings is 2. The number of anilines is 1. The molecule has 1 aromatic heterocycles. The van der Waals surface area contributed by atoms with E-state index in [9.17, 15) is 9.90 Å². The van der Waals surface area contributed by atoms with Crippen LogP contribution in [0.3, 0.4) is 0 Å². The second kappa shape index (κ2) is 10.1. The number of carbonyl (C=O) groups is 1. The van der Waals surface area contributed by atoms with Crippen molar-refractivity contribution < 1.29 is 14.6 Å². The Balaban J connectivity index is 1.55. The molecular weight excluding hydrogens is 460 g/mol. The third-order valence-corrected chi connectivity index (χ3v) is 7.90. The molecule has 35 heavy (non-hydrogen) atoms. The van der Waals surface area contributed by atoms with Crippen molar-refractivity contribution in [1.82, 2.24) is 4.98 Å². The summed E-state index contributed by atoms with van der Waals surface area (Å²) in [5.74, 6) is 1.97. The SMILES string of the molecule is COc1cc(-c2ccc3ncc(C(=O)C4CC4)c(NCC4CCCC(C)CC4)c3c2)cc(Cl)c1O. The van der Waals surface area contributed by atoms with Crippen LogP contribution in [-0.2, 0) is 0 Å². The van der Waals surface area contributed by atoms with E-state index < -0.39 is 0 Å². The van der Waals surface area contributed by atoms with Crippen molar-refractivity contribution in [2.45, 2.75) is 51.9 Å². The molecule has 2 aliphatic rings. The van der Waals surface area contributed by atoms with Crippen LogP contribution in [0.2, 0.25) is 5.02 Å². The Morgan fingerprint density at radius 3 is 2.71 bits per heavy atom. The van der Waals surface area contributed by atoms with Crippen LogP contribution in [0, 0.1) is 17.8 Å². The highest BCUT2D eigenvalue weighted by Crippen LogP contribution is 2.41. The number of nitrogens with zero attached hydrogens (tertiary/aromatic N) is 1. The Kier molecular flexibility index (Phi) is 6.88. The lowest BCUT2D eigenvalue weighted by atomic mass is 9.97. The number of phenolic OH excluding ortho intramolecular Hbond substituents is 1. The molecule has 2 aromatic carbocycles. The predicted molar refractivity (Wildman–Crippen MR) is 142 cm³/mol. The van der Waals surface area contributed by atoms with Gasteiger partial charge in [0.25, 0.3) is 0 Å². The zero-order chi connectivity index (χ0) is 24.5. The van der Waals surface area contributed by atoms with E-state index in [2.05, 4.69) is 23.3 Å². The topological polar surface area (TPSA) is 71.5 Å². The highest BCUT2D eigenvalue weighted by atomic mass is 35.5. The first-order valence-electron chi connectivity index (χ1n) is 12.7. The molecule has 0 bridgehead atoms. The first kappa shape index (κ1) is 23.9. The fourth-order valence-corrected chi connectivity index (χ4v) is 5.44. The smallest absolute Gasteiger partial charge is 0.176 e. The number of phenols is 1. The Morgan fingerprint density at radius 1 is 1.11 bits per heavy atom. The Hall–Kier alpha value is -2.79. The maximum Gasteiger partial charge on any atom is 0.176 e. The van der Waals surface area contributed by atoms with E-state index in [0.29, 0.717) is 17.2 Å². The van der Waals surface area contributed by atoms with E-state index in [-0.39, 0.29) is 22.5 Å². The molecule has 2 N–H and O–H groups in total. The van der Waals surface area contributed by atoms with Gasteiger partial charge in [0.15, 0.2) is 17.3 Å². The molecule has 0 amide bonds. The van der Waals surface area contributed by atoms with Crippen molar-refractivity contribution in [3.05, 3.63) is 47.1 Å². The monoisotopic (exact) mass is 492 g/mol. The summed E-state index contributed by atoms with van der Waals surface area (Å²) in [6.07, 6.45) is 9.97. The molecule has 184 valence electrons. The molecule has 3 aromatic rings. The summed E-state index contributed by atoms with van der Waals surface area (Å²) in [6, 6.07) is 9.52. The number of nitrogens with one attached hydrogen (secondary N) is 1. The number of hydrogen-bond donors (Lipinski definition) is 2. The van der Waals surface area contributed by atoms with E-state index in [1.165, 1.54) is 39.2 Å². The average Bonchev–Trinajstić information content (AvgIpc) is 3.72. The molecule has 2 fully saturated rings. The van der Waals surface area contributed by atoms with Crippen molar-refractivity contribution in [3.63, 3.8) is 0 Å². The van der Waals surface area contributed by atoms with E-state index in [4.69, 9.17) is 16.3 Å². The molecule has 0 spiro atoms. The molecule has 0 radical (unpaired) electrons. The van der Waals surface area contributed by atoms with Gasteiger partial charge in [0, 0.05) is 24.0 Å². The van der Waals surface area contributed by atoms with E-state index in [1.54, 1.807) is 18.3 Å². The Bertz CT molecular complexity index is 1250. The fourth-order valence-electron chi connectivity index (χ4n) is 5.23. The van der Waals surface area contributed by atoms with E-state index in [0.717, 1.165) is 53.0 Å². The minimum absolute atomic E-state index is 0.0715. The van der Waals surface area contributed by atoms with Crippen LogP contribution in [0.25, 0.3) is 22.0 Å². The summed E-state index contributed by atoms with van der Waals surface area (Å²) in [6.45, 7) is 3.21. The largest absolute Gasteiger partial charge is 0.503 e. The number of pyridine rings is 1. The van der Waals surface area contributed by atoms with Gasteiger partial charge >= 0.3 is 0 Å². The first-order valence-corrected chi connectivity index (χ1v) is 13.1. The number of aromatic nitrogens is 1. The summed E-state index contributed by atoms with van der Waals surface area (Å²) in [7, 11) is 1.51. The molecule has 5 rings (SSSR count). The summed E-state index contributed by atoms with van der Waals surface area (Å²) >= 11 is 6.27. The van der Waals surface area contributed by atoms with Gasteiger partial charge in [0.2, 0.25) is 0 Å². The normalized spacial score (nSPS) is 20.4. The third-order valence-electron chi connectivity index (χ3n) is 7.61. The molecule has 2 atom stereocenters. The second-order valence-electron chi connectivity index (χ2n) is 10.3. The number of carbonyl (C=O) groups excluding carboxylic acids is 1. The fraction of sp³-hybridized carbons (Fsp3) is 0.448. The number of methoxy groups -OCH3 is 1. The minimum Gasteiger partial charge on any atom is -0.503 e. The third kappa shape index (κ3) is 5.11. The lowest BCUT2D eigenvalue weighted by molar-refractivity contribution is 0.0968.